The third-order valence-electron chi connectivity index (χ3n) is 2.18. The van der Waals surface area contributed by atoms with E-state index in [9.17, 15) is 0 Å². The van der Waals surface area contributed by atoms with Crippen molar-refractivity contribution in [1.29, 1.82) is 5.26 Å². The topological polar surface area (TPSA) is 52.8 Å². The Bertz CT molecular complexity index is 377. The predicted molar refractivity (Wildman–Crippen MR) is 67.2 cm³/mol. The molecule has 1 rings (SSSR count). The Morgan fingerprint density at radius 2 is 2.19 bits per heavy atom. The van der Waals surface area contributed by atoms with Crippen LogP contribution in [0.5, 0.6) is 0 Å². The van der Waals surface area contributed by atoms with Crippen LogP contribution in [0.2, 0.25) is 0 Å². The average molecular weight is 283 g/mol. The van der Waals surface area contributed by atoms with E-state index in [1.807, 2.05) is 13.0 Å². The summed E-state index contributed by atoms with van der Waals surface area (Å²) in [6.07, 6.45) is 0.499. The molecule has 16 heavy (non-hydrogen) atoms. The summed E-state index contributed by atoms with van der Waals surface area (Å²) in [6, 6.07) is 4.35. The zero-order valence-electron chi connectivity index (χ0n) is 9.74. The molecule has 0 atom stereocenters. The van der Waals surface area contributed by atoms with E-state index in [1.54, 1.807) is 0 Å². The fourth-order valence-electron chi connectivity index (χ4n) is 1.47. The normalized spacial score (nSPS) is 10.2. The van der Waals surface area contributed by atoms with Crippen LogP contribution in [0.25, 0.3) is 0 Å². The van der Waals surface area contributed by atoms with E-state index in [-0.39, 0.29) is 0 Å². The van der Waals surface area contributed by atoms with Gasteiger partial charge in [0.25, 0.3) is 0 Å². The maximum atomic E-state index is 8.63. The van der Waals surface area contributed by atoms with Gasteiger partial charge in [-0.15, -0.1) is 0 Å². The molecule has 0 unspecified atom stereocenters. The first-order valence-corrected chi connectivity index (χ1v) is 5.98. The quantitative estimate of drug-likeness (QED) is 0.797. The molecule has 5 heteroatoms. The minimum atomic E-state index is 0.314. The maximum absolute atomic E-state index is 8.63. The van der Waals surface area contributed by atoms with Crippen LogP contribution in [0.4, 0.5) is 5.82 Å². The Balaban J connectivity index is 2.96. The molecule has 0 saturated heterocycles. The molecule has 0 saturated carbocycles. The minimum absolute atomic E-state index is 0.314. The molecule has 1 heterocycles. The number of hydrogen-bond acceptors (Lipinski definition) is 4. The van der Waals surface area contributed by atoms with Crippen molar-refractivity contribution in [3.05, 3.63) is 16.5 Å². The van der Waals surface area contributed by atoms with E-state index in [0.717, 1.165) is 16.2 Å². The van der Waals surface area contributed by atoms with Gasteiger partial charge in [0, 0.05) is 18.7 Å². The third-order valence-corrected chi connectivity index (χ3v) is 2.58. The lowest BCUT2D eigenvalue weighted by Crippen LogP contribution is -2.32. The molecule has 0 amide bonds. The molecular formula is C11H15BrN4. The van der Waals surface area contributed by atoms with Crippen molar-refractivity contribution in [3.8, 4) is 6.07 Å². The van der Waals surface area contributed by atoms with Gasteiger partial charge in [0.1, 0.15) is 16.2 Å². The van der Waals surface area contributed by atoms with Crippen molar-refractivity contribution in [1.82, 2.24) is 9.97 Å². The van der Waals surface area contributed by atoms with Crippen LogP contribution in [-0.2, 0) is 0 Å². The Labute approximate surface area is 104 Å². The highest BCUT2D eigenvalue weighted by molar-refractivity contribution is 9.10. The van der Waals surface area contributed by atoms with Crippen molar-refractivity contribution >= 4 is 21.7 Å². The molecule has 0 bridgehead atoms. The van der Waals surface area contributed by atoms with E-state index in [1.165, 1.54) is 0 Å². The van der Waals surface area contributed by atoms with Crippen LogP contribution in [-0.4, -0.2) is 22.6 Å². The van der Waals surface area contributed by atoms with Gasteiger partial charge in [-0.3, -0.25) is 0 Å². The van der Waals surface area contributed by atoms with Crippen molar-refractivity contribution in [2.45, 2.75) is 33.2 Å². The number of anilines is 1. The predicted octanol–water partition coefficient (Wildman–Crippen LogP) is 2.68. The van der Waals surface area contributed by atoms with E-state index < -0.39 is 0 Å². The van der Waals surface area contributed by atoms with Crippen LogP contribution >= 0.6 is 15.9 Å². The summed E-state index contributed by atoms with van der Waals surface area (Å²) in [5, 5.41) is 8.63. The molecule has 1 aromatic heterocycles. The lowest BCUT2D eigenvalue weighted by molar-refractivity contribution is 0.673. The number of nitrogens with zero attached hydrogens (tertiary/aromatic N) is 4. The second kappa shape index (κ2) is 5.80. The average Bonchev–Trinajstić information content (AvgIpc) is 2.16. The largest absolute Gasteiger partial charge is 0.353 e. The van der Waals surface area contributed by atoms with Crippen molar-refractivity contribution in [3.63, 3.8) is 0 Å². The molecule has 0 aliphatic carbocycles. The van der Waals surface area contributed by atoms with Gasteiger partial charge in [-0.25, -0.2) is 9.97 Å². The summed E-state index contributed by atoms with van der Waals surface area (Å²) in [7, 11) is 0. The Hall–Kier alpha value is -1.15. The van der Waals surface area contributed by atoms with E-state index in [4.69, 9.17) is 5.26 Å². The monoisotopic (exact) mass is 282 g/mol. The summed E-state index contributed by atoms with van der Waals surface area (Å²) in [4.78, 5) is 10.7. The molecule has 4 nitrogen and oxygen atoms in total. The zero-order valence-corrected chi connectivity index (χ0v) is 11.3. The molecule has 0 aromatic carbocycles. The highest BCUT2D eigenvalue weighted by atomic mass is 79.9. The Morgan fingerprint density at radius 3 is 2.69 bits per heavy atom. The first-order chi connectivity index (χ1) is 7.54. The highest BCUT2D eigenvalue weighted by Gasteiger charge is 2.12. The van der Waals surface area contributed by atoms with Crippen molar-refractivity contribution < 1.29 is 0 Å². The molecule has 0 aliphatic rings. The van der Waals surface area contributed by atoms with Crippen LogP contribution in [0.1, 0.15) is 26.1 Å². The summed E-state index contributed by atoms with van der Waals surface area (Å²) in [5.74, 6) is 1.59. The fourth-order valence-corrected chi connectivity index (χ4v) is 1.93. The van der Waals surface area contributed by atoms with Gasteiger partial charge in [0.05, 0.1) is 12.5 Å². The summed E-state index contributed by atoms with van der Waals surface area (Å²) >= 11 is 3.36. The van der Waals surface area contributed by atoms with Gasteiger partial charge in [0.15, 0.2) is 0 Å². The minimum Gasteiger partial charge on any atom is -0.353 e. The number of aromatic nitrogens is 2. The van der Waals surface area contributed by atoms with E-state index in [0.29, 0.717) is 19.0 Å². The first kappa shape index (κ1) is 12.9. The summed E-state index contributed by atoms with van der Waals surface area (Å²) in [5.41, 5.74) is 0. The van der Waals surface area contributed by atoms with Gasteiger partial charge >= 0.3 is 0 Å². The molecule has 0 N–H and O–H groups in total. The van der Waals surface area contributed by atoms with Gasteiger partial charge in [0.2, 0.25) is 0 Å². The molecule has 0 spiro atoms. The number of halogens is 1. The lowest BCUT2D eigenvalue weighted by atomic mass is 10.3. The molecule has 0 fully saturated rings. The third kappa shape index (κ3) is 3.46. The fraction of sp³-hybridized carbons (Fsp3) is 0.545. The number of aryl methyl sites for hydroxylation is 1. The van der Waals surface area contributed by atoms with Crippen molar-refractivity contribution in [2.75, 3.05) is 11.4 Å². The number of hydrogen-bond donors (Lipinski definition) is 0. The van der Waals surface area contributed by atoms with E-state index in [2.05, 4.69) is 50.7 Å². The Morgan fingerprint density at radius 1 is 1.50 bits per heavy atom. The molecule has 1 aromatic rings. The van der Waals surface area contributed by atoms with Crippen LogP contribution < -0.4 is 4.90 Å². The standard InChI is InChI=1S/C11H15BrN4/c1-8(2)16(6-4-5-13)11-7-10(12)14-9(3)15-11/h7-8H,4,6H2,1-3H3. The summed E-state index contributed by atoms with van der Waals surface area (Å²) in [6.45, 7) is 6.72. The van der Waals surface area contributed by atoms with E-state index >= 15 is 0 Å². The smallest absolute Gasteiger partial charge is 0.133 e. The second-order valence-corrected chi connectivity index (χ2v) is 4.60. The first-order valence-electron chi connectivity index (χ1n) is 5.19. The molecule has 0 aliphatic heterocycles. The van der Waals surface area contributed by atoms with Gasteiger partial charge < -0.3 is 4.90 Å². The second-order valence-electron chi connectivity index (χ2n) is 3.79. The van der Waals surface area contributed by atoms with Gasteiger partial charge in [-0.2, -0.15) is 5.26 Å². The van der Waals surface area contributed by atoms with Crippen LogP contribution in [0.15, 0.2) is 10.7 Å². The SMILES string of the molecule is Cc1nc(Br)cc(N(CCC#N)C(C)C)n1. The molecular weight excluding hydrogens is 268 g/mol. The summed E-state index contributed by atoms with van der Waals surface area (Å²) < 4.78 is 0.776. The van der Waals surface area contributed by atoms with Gasteiger partial charge in [-0.1, -0.05) is 0 Å². The number of nitriles is 1. The zero-order chi connectivity index (χ0) is 12.1. The van der Waals surface area contributed by atoms with Gasteiger partial charge in [-0.05, 0) is 36.7 Å². The molecule has 86 valence electrons. The lowest BCUT2D eigenvalue weighted by Gasteiger charge is -2.27. The van der Waals surface area contributed by atoms with Crippen LogP contribution in [0, 0.1) is 18.3 Å². The van der Waals surface area contributed by atoms with Crippen molar-refractivity contribution in [2.24, 2.45) is 0 Å². The molecule has 0 radical (unpaired) electrons. The highest BCUT2D eigenvalue weighted by Crippen LogP contribution is 2.18. The van der Waals surface area contributed by atoms with Crippen LogP contribution in [0.3, 0.4) is 0 Å². The maximum Gasteiger partial charge on any atom is 0.133 e. The Kier molecular flexibility index (Phi) is 4.69. The number of rotatable bonds is 4.